The molecule has 0 unspecified atom stereocenters. The van der Waals surface area contributed by atoms with Crippen LogP contribution in [0.1, 0.15) is 24.6 Å². The van der Waals surface area contributed by atoms with Gasteiger partial charge in [-0.3, -0.25) is 4.68 Å². The molecule has 1 N–H and O–H groups in total. The standard InChI is InChI=1S/C9H14F3N3.ClH/c1-3-4-13-5-7-6-14-15(2)8(7)9(10,11)12;/h6,13H,3-5H2,1-2H3;1H. The summed E-state index contributed by atoms with van der Waals surface area (Å²) < 4.78 is 38.6. The minimum atomic E-state index is -4.34. The summed E-state index contributed by atoms with van der Waals surface area (Å²) in [5.74, 6) is 0. The third-order valence-electron chi connectivity index (χ3n) is 2.03. The molecule has 0 atom stereocenters. The molecule has 0 spiro atoms. The Morgan fingerprint density at radius 2 is 2.06 bits per heavy atom. The quantitative estimate of drug-likeness (QED) is 0.840. The van der Waals surface area contributed by atoms with Crippen LogP contribution in [-0.2, 0) is 19.8 Å². The minimum Gasteiger partial charge on any atom is -0.313 e. The fourth-order valence-electron chi connectivity index (χ4n) is 1.38. The second-order valence-electron chi connectivity index (χ2n) is 3.32. The van der Waals surface area contributed by atoms with E-state index >= 15 is 0 Å². The molecule has 0 aliphatic heterocycles. The SMILES string of the molecule is CCCNCc1cnn(C)c1C(F)(F)F.Cl. The molecule has 0 amide bonds. The number of alkyl halides is 3. The zero-order valence-corrected chi connectivity index (χ0v) is 9.95. The van der Waals surface area contributed by atoms with Gasteiger partial charge in [0.05, 0.1) is 6.20 Å². The zero-order valence-electron chi connectivity index (χ0n) is 9.14. The lowest BCUT2D eigenvalue weighted by molar-refractivity contribution is -0.144. The highest BCUT2D eigenvalue weighted by atomic mass is 35.5. The van der Waals surface area contributed by atoms with E-state index in [1.54, 1.807) is 0 Å². The Morgan fingerprint density at radius 1 is 1.44 bits per heavy atom. The average Bonchev–Trinajstić information content (AvgIpc) is 2.47. The molecule has 1 heterocycles. The number of aromatic nitrogens is 2. The van der Waals surface area contributed by atoms with Gasteiger partial charge in [-0.2, -0.15) is 18.3 Å². The summed E-state index contributed by atoms with van der Waals surface area (Å²) in [5.41, 5.74) is -0.482. The van der Waals surface area contributed by atoms with Crippen molar-refractivity contribution in [1.82, 2.24) is 15.1 Å². The molecule has 1 rings (SSSR count). The summed E-state index contributed by atoms with van der Waals surface area (Å²) in [6, 6.07) is 0. The summed E-state index contributed by atoms with van der Waals surface area (Å²) in [5, 5.41) is 6.54. The Kier molecular flexibility index (Phi) is 5.81. The molecule has 7 heteroatoms. The lowest BCUT2D eigenvalue weighted by Crippen LogP contribution is -2.19. The Morgan fingerprint density at radius 3 is 2.56 bits per heavy atom. The van der Waals surface area contributed by atoms with Gasteiger partial charge in [0.25, 0.3) is 0 Å². The molecule has 0 fully saturated rings. The normalized spacial score (nSPS) is 11.3. The van der Waals surface area contributed by atoms with Crippen molar-refractivity contribution in [2.75, 3.05) is 6.54 Å². The van der Waals surface area contributed by atoms with Gasteiger partial charge in [-0.1, -0.05) is 6.92 Å². The van der Waals surface area contributed by atoms with Gasteiger partial charge in [-0.15, -0.1) is 12.4 Å². The van der Waals surface area contributed by atoms with Gasteiger partial charge in [-0.05, 0) is 13.0 Å². The molecule has 0 saturated carbocycles. The van der Waals surface area contributed by atoms with Gasteiger partial charge in [0, 0.05) is 19.2 Å². The van der Waals surface area contributed by atoms with Crippen LogP contribution in [0.5, 0.6) is 0 Å². The molecule has 16 heavy (non-hydrogen) atoms. The molecule has 94 valence electrons. The largest absolute Gasteiger partial charge is 0.433 e. The van der Waals surface area contributed by atoms with Crippen LogP contribution in [0.25, 0.3) is 0 Å². The molecule has 0 saturated heterocycles. The third-order valence-corrected chi connectivity index (χ3v) is 2.03. The van der Waals surface area contributed by atoms with Crippen molar-refractivity contribution in [1.29, 1.82) is 0 Å². The fourth-order valence-corrected chi connectivity index (χ4v) is 1.38. The lowest BCUT2D eigenvalue weighted by Gasteiger charge is -2.10. The number of aryl methyl sites for hydroxylation is 1. The van der Waals surface area contributed by atoms with Crippen molar-refractivity contribution in [3.05, 3.63) is 17.5 Å². The van der Waals surface area contributed by atoms with Crippen LogP contribution < -0.4 is 5.32 Å². The molecule has 1 aromatic rings. The molecule has 3 nitrogen and oxygen atoms in total. The number of nitrogens with zero attached hydrogens (tertiary/aromatic N) is 2. The van der Waals surface area contributed by atoms with E-state index in [1.165, 1.54) is 13.2 Å². The number of hydrogen-bond donors (Lipinski definition) is 1. The molecule has 0 radical (unpaired) electrons. The predicted molar refractivity (Wildman–Crippen MR) is 57.5 cm³/mol. The van der Waals surface area contributed by atoms with Crippen LogP contribution in [0.2, 0.25) is 0 Å². The van der Waals surface area contributed by atoms with E-state index in [9.17, 15) is 13.2 Å². The summed E-state index contributed by atoms with van der Waals surface area (Å²) in [4.78, 5) is 0. The van der Waals surface area contributed by atoms with Crippen LogP contribution in [0.15, 0.2) is 6.20 Å². The van der Waals surface area contributed by atoms with E-state index in [2.05, 4.69) is 10.4 Å². The first kappa shape index (κ1) is 15.2. The maximum absolute atomic E-state index is 12.6. The zero-order chi connectivity index (χ0) is 11.5. The number of hydrogen-bond acceptors (Lipinski definition) is 2. The first-order chi connectivity index (χ1) is 6.96. The summed E-state index contributed by atoms with van der Waals surface area (Å²) in [7, 11) is 1.30. The van der Waals surface area contributed by atoms with Gasteiger partial charge in [-0.25, -0.2) is 0 Å². The minimum absolute atomic E-state index is 0. The fraction of sp³-hybridized carbons (Fsp3) is 0.667. The topological polar surface area (TPSA) is 29.9 Å². The molecule has 0 bridgehead atoms. The van der Waals surface area contributed by atoms with Crippen molar-refractivity contribution in [2.45, 2.75) is 26.1 Å². The van der Waals surface area contributed by atoms with Crippen molar-refractivity contribution in [2.24, 2.45) is 7.05 Å². The predicted octanol–water partition coefficient (Wildman–Crippen LogP) is 2.36. The van der Waals surface area contributed by atoms with E-state index in [0.717, 1.165) is 11.1 Å². The highest BCUT2D eigenvalue weighted by Crippen LogP contribution is 2.31. The molecule has 1 aromatic heterocycles. The van der Waals surface area contributed by atoms with Crippen molar-refractivity contribution in [3.63, 3.8) is 0 Å². The Hall–Kier alpha value is -0.750. The van der Waals surface area contributed by atoms with Gasteiger partial charge < -0.3 is 5.32 Å². The highest BCUT2D eigenvalue weighted by Gasteiger charge is 2.36. The third kappa shape index (κ3) is 3.68. The van der Waals surface area contributed by atoms with Crippen molar-refractivity contribution in [3.8, 4) is 0 Å². The maximum atomic E-state index is 12.6. The average molecular weight is 258 g/mol. The Balaban J connectivity index is 0.00000225. The molecule has 0 aliphatic rings. The molecular formula is C9H15ClF3N3. The summed E-state index contributed by atoms with van der Waals surface area (Å²) >= 11 is 0. The van der Waals surface area contributed by atoms with Gasteiger partial charge in [0.2, 0.25) is 0 Å². The van der Waals surface area contributed by atoms with Crippen LogP contribution in [0.3, 0.4) is 0 Å². The first-order valence-corrected chi connectivity index (χ1v) is 4.75. The van der Waals surface area contributed by atoms with E-state index in [-0.39, 0.29) is 24.5 Å². The second kappa shape index (κ2) is 6.10. The van der Waals surface area contributed by atoms with Crippen molar-refractivity contribution < 1.29 is 13.2 Å². The van der Waals surface area contributed by atoms with Gasteiger partial charge >= 0.3 is 6.18 Å². The smallest absolute Gasteiger partial charge is 0.313 e. The second-order valence-corrected chi connectivity index (χ2v) is 3.32. The van der Waals surface area contributed by atoms with E-state index in [4.69, 9.17) is 0 Å². The van der Waals surface area contributed by atoms with E-state index in [0.29, 0.717) is 6.54 Å². The van der Waals surface area contributed by atoms with Crippen LogP contribution in [0.4, 0.5) is 13.2 Å². The number of nitrogens with one attached hydrogen (secondary N) is 1. The Bertz CT molecular complexity index is 322. The molecule has 0 aliphatic carbocycles. The van der Waals surface area contributed by atoms with E-state index in [1.807, 2.05) is 6.92 Å². The summed E-state index contributed by atoms with van der Waals surface area (Å²) in [6.45, 7) is 2.86. The molecule has 0 aromatic carbocycles. The van der Waals surface area contributed by atoms with Crippen LogP contribution in [-0.4, -0.2) is 16.3 Å². The molecular weight excluding hydrogens is 243 g/mol. The number of halogens is 4. The van der Waals surface area contributed by atoms with Crippen molar-refractivity contribution >= 4 is 12.4 Å². The maximum Gasteiger partial charge on any atom is 0.433 e. The van der Waals surface area contributed by atoms with Gasteiger partial charge in [0.15, 0.2) is 0 Å². The van der Waals surface area contributed by atoms with Crippen LogP contribution in [0, 0.1) is 0 Å². The Labute approximate surface area is 98.4 Å². The summed E-state index contributed by atoms with van der Waals surface area (Å²) in [6.07, 6.45) is -2.19. The number of rotatable bonds is 4. The lowest BCUT2D eigenvalue weighted by atomic mass is 10.2. The monoisotopic (exact) mass is 257 g/mol. The highest BCUT2D eigenvalue weighted by molar-refractivity contribution is 5.85. The first-order valence-electron chi connectivity index (χ1n) is 4.75. The van der Waals surface area contributed by atoms with E-state index < -0.39 is 11.9 Å². The van der Waals surface area contributed by atoms with Crippen LogP contribution >= 0.6 is 12.4 Å². The van der Waals surface area contributed by atoms with Gasteiger partial charge in [0.1, 0.15) is 5.69 Å².